The Balaban J connectivity index is 1.59. The van der Waals surface area contributed by atoms with Gasteiger partial charge in [0.25, 0.3) is 11.8 Å². The third kappa shape index (κ3) is 4.01. The second kappa shape index (κ2) is 8.07. The zero-order valence-corrected chi connectivity index (χ0v) is 16.8. The smallest absolute Gasteiger partial charge is 0.287 e. The lowest BCUT2D eigenvalue weighted by molar-refractivity contribution is 0.0926. The minimum Gasteiger partial charge on any atom is -0.347 e. The highest BCUT2D eigenvalue weighted by atomic mass is 16.2. The number of carbonyl (C=O) groups is 2. The minimum atomic E-state index is -0.328. The third-order valence-corrected chi connectivity index (χ3v) is 5.49. The Hall–Kier alpha value is -3.15. The Morgan fingerprint density at radius 1 is 1.03 bits per heavy atom. The van der Waals surface area contributed by atoms with E-state index in [0.29, 0.717) is 17.1 Å². The molecule has 0 aliphatic heterocycles. The predicted molar refractivity (Wildman–Crippen MR) is 113 cm³/mol. The molecule has 1 saturated carbocycles. The van der Waals surface area contributed by atoms with Crippen molar-refractivity contribution in [2.75, 3.05) is 5.32 Å². The molecule has 150 valence electrons. The van der Waals surface area contributed by atoms with Crippen molar-refractivity contribution < 1.29 is 9.59 Å². The highest BCUT2D eigenvalue weighted by Gasteiger charge is 2.24. The molecule has 0 spiro atoms. The van der Waals surface area contributed by atoms with Crippen molar-refractivity contribution in [1.29, 1.82) is 0 Å². The summed E-state index contributed by atoms with van der Waals surface area (Å²) in [6, 6.07) is 13.4. The molecule has 2 heterocycles. The molecule has 1 aliphatic carbocycles. The summed E-state index contributed by atoms with van der Waals surface area (Å²) < 4.78 is 1.68. The maximum atomic E-state index is 12.9. The number of imidazole rings is 1. The van der Waals surface area contributed by atoms with E-state index >= 15 is 0 Å². The van der Waals surface area contributed by atoms with E-state index in [1.54, 1.807) is 16.7 Å². The minimum absolute atomic E-state index is 0.190. The summed E-state index contributed by atoms with van der Waals surface area (Å²) in [7, 11) is 0. The number of hydrogen-bond acceptors (Lipinski definition) is 3. The summed E-state index contributed by atoms with van der Waals surface area (Å²) in [6.07, 6.45) is 6.02. The quantitative estimate of drug-likeness (QED) is 0.679. The molecule has 0 atom stereocenters. The van der Waals surface area contributed by atoms with Crippen LogP contribution >= 0.6 is 0 Å². The second-order valence-electron chi connectivity index (χ2n) is 7.93. The highest BCUT2D eigenvalue weighted by Crippen LogP contribution is 2.21. The van der Waals surface area contributed by atoms with Crippen molar-refractivity contribution in [3.05, 3.63) is 65.7 Å². The fraction of sp³-hybridized carbons (Fsp3) is 0.348. The monoisotopic (exact) mass is 390 g/mol. The molecule has 1 fully saturated rings. The van der Waals surface area contributed by atoms with Crippen molar-refractivity contribution in [1.82, 2.24) is 14.7 Å². The molecule has 0 bridgehead atoms. The zero-order valence-electron chi connectivity index (χ0n) is 16.8. The molecule has 2 N–H and O–H groups in total. The Kier molecular flexibility index (Phi) is 5.34. The molecular formula is C23H26N4O2. The highest BCUT2D eigenvalue weighted by molar-refractivity contribution is 6.09. The van der Waals surface area contributed by atoms with E-state index in [-0.39, 0.29) is 29.4 Å². The van der Waals surface area contributed by atoms with E-state index in [1.165, 1.54) is 5.56 Å². The molecular weight excluding hydrogens is 364 g/mol. The largest absolute Gasteiger partial charge is 0.347 e. The molecule has 2 amide bonds. The molecule has 0 radical (unpaired) electrons. The van der Waals surface area contributed by atoms with Crippen LogP contribution < -0.4 is 10.6 Å². The number of nitrogens with one attached hydrogen (secondary N) is 2. The summed E-state index contributed by atoms with van der Waals surface area (Å²) in [5.41, 5.74) is 2.77. The molecule has 1 aromatic carbocycles. The first-order valence-corrected chi connectivity index (χ1v) is 10.2. The Morgan fingerprint density at radius 2 is 1.76 bits per heavy atom. The number of nitrogens with zero attached hydrogens (tertiary/aromatic N) is 2. The van der Waals surface area contributed by atoms with E-state index in [4.69, 9.17) is 0 Å². The molecule has 6 heteroatoms. The van der Waals surface area contributed by atoms with E-state index < -0.39 is 0 Å². The third-order valence-electron chi connectivity index (χ3n) is 5.49. The van der Waals surface area contributed by atoms with Crippen molar-refractivity contribution >= 4 is 23.0 Å². The fourth-order valence-electron chi connectivity index (χ4n) is 3.83. The van der Waals surface area contributed by atoms with Gasteiger partial charge in [0.05, 0.1) is 5.52 Å². The van der Waals surface area contributed by atoms with Crippen LogP contribution in [0.15, 0.2) is 48.7 Å². The maximum Gasteiger partial charge on any atom is 0.287 e. The molecule has 0 saturated heterocycles. The van der Waals surface area contributed by atoms with Gasteiger partial charge in [0.15, 0.2) is 5.69 Å². The van der Waals surface area contributed by atoms with Gasteiger partial charge in [-0.1, -0.05) is 44.9 Å². The Labute approximate surface area is 170 Å². The van der Waals surface area contributed by atoms with Gasteiger partial charge in [-0.05, 0) is 48.6 Å². The van der Waals surface area contributed by atoms with Crippen LogP contribution in [-0.2, 0) is 0 Å². The predicted octanol–water partition coefficient (Wildman–Crippen LogP) is 4.38. The van der Waals surface area contributed by atoms with E-state index in [2.05, 4.69) is 29.5 Å². The SMILES string of the molecule is CC(C)c1ccc(NC(=O)c2nc(C(=O)NC3CCCC3)n3ccccc23)cc1. The van der Waals surface area contributed by atoms with Gasteiger partial charge >= 0.3 is 0 Å². The van der Waals surface area contributed by atoms with E-state index in [0.717, 1.165) is 25.7 Å². The lowest BCUT2D eigenvalue weighted by Gasteiger charge is -2.10. The van der Waals surface area contributed by atoms with Crippen molar-refractivity contribution in [3.8, 4) is 0 Å². The van der Waals surface area contributed by atoms with Crippen molar-refractivity contribution in [3.63, 3.8) is 0 Å². The van der Waals surface area contributed by atoms with Gasteiger partial charge in [0.1, 0.15) is 0 Å². The topological polar surface area (TPSA) is 75.5 Å². The number of anilines is 1. The molecule has 4 rings (SSSR count). The number of fused-ring (bicyclic) bond motifs is 1. The fourth-order valence-corrected chi connectivity index (χ4v) is 3.83. The van der Waals surface area contributed by atoms with Crippen LogP contribution in [0.1, 0.15) is 72.1 Å². The Morgan fingerprint density at radius 3 is 2.45 bits per heavy atom. The lowest BCUT2D eigenvalue weighted by Crippen LogP contribution is -2.33. The first kappa shape index (κ1) is 19.2. The molecule has 6 nitrogen and oxygen atoms in total. The Bertz CT molecular complexity index is 1030. The number of carbonyl (C=O) groups excluding carboxylic acids is 2. The van der Waals surface area contributed by atoms with E-state index in [1.807, 2.05) is 36.4 Å². The van der Waals surface area contributed by atoms with Gasteiger partial charge in [0, 0.05) is 17.9 Å². The molecule has 1 aliphatic rings. The van der Waals surface area contributed by atoms with Crippen LogP contribution in [0.4, 0.5) is 5.69 Å². The summed E-state index contributed by atoms with van der Waals surface area (Å²) in [5, 5.41) is 5.95. The number of hydrogen-bond donors (Lipinski definition) is 2. The number of benzene rings is 1. The normalized spacial score (nSPS) is 14.4. The lowest BCUT2D eigenvalue weighted by atomic mass is 10.0. The standard InChI is InChI=1S/C23H26N4O2/c1-15(2)16-10-12-18(13-11-16)24-22(28)20-19-9-5-6-14-27(19)21(26-20)23(29)25-17-7-3-4-8-17/h5-6,9-15,17H,3-4,7-8H2,1-2H3,(H,24,28)(H,25,29). The van der Waals surface area contributed by atoms with Gasteiger partial charge in [-0.15, -0.1) is 0 Å². The number of amides is 2. The molecule has 0 unspecified atom stereocenters. The van der Waals surface area contributed by atoms with Crippen molar-refractivity contribution in [2.24, 2.45) is 0 Å². The summed E-state index contributed by atoms with van der Waals surface area (Å²) >= 11 is 0. The van der Waals surface area contributed by atoms with Gasteiger partial charge in [-0.2, -0.15) is 0 Å². The summed E-state index contributed by atoms with van der Waals surface area (Å²) in [6.45, 7) is 4.26. The molecule has 3 aromatic rings. The van der Waals surface area contributed by atoms with Crippen LogP contribution in [0, 0.1) is 0 Å². The van der Waals surface area contributed by atoms with Crippen LogP contribution in [0.5, 0.6) is 0 Å². The van der Waals surface area contributed by atoms with Crippen LogP contribution in [-0.4, -0.2) is 27.2 Å². The first-order valence-electron chi connectivity index (χ1n) is 10.2. The van der Waals surface area contributed by atoms with Crippen LogP contribution in [0.25, 0.3) is 5.52 Å². The zero-order chi connectivity index (χ0) is 20.4. The molecule has 29 heavy (non-hydrogen) atoms. The van der Waals surface area contributed by atoms with Gasteiger partial charge in [0.2, 0.25) is 5.82 Å². The maximum absolute atomic E-state index is 12.9. The van der Waals surface area contributed by atoms with E-state index in [9.17, 15) is 9.59 Å². The summed E-state index contributed by atoms with van der Waals surface area (Å²) in [5.74, 6) is 0.106. The average molecular weight is 390 g/mol. The number of pyridine rings is 1. The first-order chi connectivity index (χ1) is 14.0. The van der Waals surface area contributed by atoms with Crippen molar-refractivity contribution in [2.45, 2.75) is 51.5 Å². The van der Waals surface area contributed by atoms with Gasteiger partial charge in [-0.25, -0.2) is 4.98 Å². The van der Waals surface area contributed by atoms with Crippen LogP contribution in [0.2, 0.25) is 0 Å². The second-order valence-corrected chi connectivity index (χ2v) is 7.93. The summed E-state index contributed by atoms with van der Waals surface area (Å²) in [4.78, 5) is 30.1. The average Bonchev–Trinajstić information content (AvgIpc) is 3.36. The number of rotatable bonds is 5. The number of aromatic nitrogens is 2. The van der Waals surface area contributed by atoms with Gasteiger partial charge in [-0.3, -0.25) is 14.0 Å². The van der Waals surface area contributed by atoms with Crippen LogP contribution in [0.3, 0.4) is 0 Å². The molecule has 2 aromatic heterocycles. The van der Waals surface area contributed by atoms with Gasteiger partial charge < -0.3 is 10.6 Å².